The number of morpholine rings is 1. The van der Waals surface area contributed by atoms with Gasteiger partial charge in [-0.3, -0.25) is 9.88 Å². The Bertz CT molecular complexity index is 617. The number of nitrogens with zero attached hydrogens (tertiary/aromatic N) is 3. The number of pyridine rings is 2. The van der Waals surface area contributed by atoms with Crippen LogP contribution < -0.4 is 5.73 Å². The molecule has 0 unspecified atom stereocenters. The number of anilines is 1. The predicted molar refractivity (Wildman–Crippen MR) is 81.6 cm³/mol. The first-order chi connectivity index (χ1) is 10.2. The summed E-state index contributed by atoms with van der Waals surface area (Å²) in [4.78, 5) is 10.9. The van der Waals surface area contributed by atoms with Crippen LogP contribution >= 0.6 is 0 Å². The number of aromatic nitrogens is 2. The van der Waals surface area contributed by atoms with Gasteiger partial charge in [0.05, 0.1) is 12.3 Å². The Morgan fingerprint density at radius 2 is 2.29 bits per heavy atom. The molecule has 0 bridgehead atoms. The van der Waals surface area contributed by atoms with Crippen molar-refractivity contribution in [3.8, 4) is 0 Å². The van der Waals surface area contributed by atoms with Gasteiger partial charge in [0.25, 0.3) is 0 Å². The molecule has 2 aromatic heterocycles. The van der Waals surface area contributed by atoms with Crippen LogP contribution in [-0.4, -0.2) is 34.6 Å². The lowest BCUT2D eigenvalue weighted by Crippen LogP contribution is -2.38. The minimum atomic E-state index is -0.00982. The van der Waals surface area contributed by atoms with E-state index in [1.54, 1.807) is 6.07 Å². The van der Waals surface area contributed by atoms with E-state index in [1.165, 1.54) is 11.1 Å². The molecular weight excluding hydrogens is 264 g/mol. The molecule has 110 valence electrons. The minimum absolute atomic E-state index is 0.00982. The van der Waals surface area contributed by atoms with E-state index in [0.717, 1.165) is 25.3 Å². The zero-order valence-electron chi connectivity index (χ0n) is 12.2. The standard InChI is InChI=1S/C16H20N4O/c1-12-9-18-6-5-13(12)10-20-7-8-21-15(11-20)14-3-2-4-16(17)19-14/h2-6,9,15H,7-8,10-11H2,1H3,(H2,17,19)/t15-/m1/s1. The summed E-state index contributed by atoms with van der Waals surface area (Å²) < 4.78 is 5.85. The van der Waals surface area contributed by atoms with E-state index in [4.69, 9.17) is 10.5 Å². The van der Waals surface area contributed by atoms with Gasteiger partial charge in [-0.15, -0.1) is 0 Å². The number of nitrogens with two attached hydrogens (primary N) is 1. The lowest BCUT2D eigenvalue weighted by atomic mass is 10.1. The molecule has 0 spiro atoms. The first-order valence-electron chi connectivity index (χ1n) is 7.18. The summed E-state index contributed by atoms with van der Waals surface area (Å²) in [5.74, 6) is 0.540. The number of aryl methyl sites for hydroxylation is 1. The van der Waals surface area contributed by atoms with Gasteiger partial charge in [-0.25, -0.2) is 4.98 Å². The fourth-order valence-corrected chi connectivity index (χ4v) is 2.59. The van der Waals surface area contributed by atoms with E-state index < -0.39 is 0 Å². The maximum absolute atomic E-state index is 5.85. The average Bonchev–Trinajstić information content (AvgIpc) is 2.50. The van der Waals surface area contributed by atoms with Crippen LogP contribution in [-0.2, 0) is 11.3 Å². The van der Waals surface area contributed by atoms with Crippen molar-refractivity contribution in [3.63, 3.8) is 0 Å². The summed E-state index contributed by atoms with van der Waals surface area (Å²) in [7, 11) is 0. The topological polar surface area (TPSA) is 64.3 Å². The molecule has 0 saturated carbocycles. The third-order valence-corrected chi connectivity index (χ3v) is 3.80. The Morgan fingerprint density at radius 1 is 1.38 bits per heavy atom. The highest BCUT2D eigenvalue weighted by atomic mass is 16.5. The van der Waals surface area contributed by atoms with Crippen molar-refractivity contribution in [1.82, 2.24) is 14.9 Å². The summed E-state index contributed by atoms with van der Waals surface area (Å²) in [6.07, 6.45) is 3.75. The Morgan fingerprint density at radius 3 is 3.10 bits per heavy atom. The predicted octanol–water partition coefficient (Wildman–Crippen LogP) is 1.94. The molecule has 0 aromatic carbocycles. The van der Waals surface area contributed by atoms with Gasteiger partial charge < -0.3 is 10.5 Å². The van der Waals surface area contributed by atoms with Gasteiger partial charge in [0.15, 0.2) is 0 Å². The second-order valence-electron chi connectivity index (χ2n) is 5.38. The Kier molecular flexibility index (Phi) is 4.13. The molecule has 1 aliphatic heterocycles. The highest BCUT2D eigenvalue weighted by Gasteiger charge is 2.23. The summed E-state index contributed by atoms with van der Waals surface area (Å²) >= 11 is 0. The van der Waals surface area contributed by atoms with Crippen molar-refractivity contribution in [2.24, 2.45) is 0 Å². The number of rotatable bonds is 3. The van der Waals surface area contributed by atoms with E-state index in [9.17, 15) is 0 Å². The van der Waals surface area contributed by atoms with Crippen LogP contribution in [0, 0.1) is 6.92 Å². The van der Waals surface area contributed by atoms with Crippen LogP contribution in [0.2, 0.25) is 0 Å². The second-order valence-corrected chi connectivity index (χ2v) is 5.38. The van der Waals surface area contributed by atoms with E-state index in [1.807, 2.05) is 24.5 Å². The van der Waals surface area contributed by atoms with Gasteiger partial charge in [0.2, 0.25) is 0 Å². The Hall–Kier alpha value is -1.98. The number of hydrogen-bond acceptors (Lipinski definition) is 5. The van der Waals surface area contributed by atoms with Gasteiger partial charge in [-0.1, -0.05) is 6.07 Å². The fourth-order valence-electron chi connectivity index (χ4n) is 2.59. The van der Waals surface area contributed by atoms with Crippen LogP contribution in [0.1, 0.15) is 22.9 Å². The summed E-state index contributed by atoms with van der Waals surface area (Å²) in [6.45, 7) is 5.49. The molecule has 1 atom stereocenters. The van der Waals surface area contributed by atoms with Crippen molar-refractivity contribution < 1.29 is 4.74 Å². The zero-order valence-corrected chi connectivity index (χ0v) is 12.2. The van der Waals surface area contributed by atoms with Gasteiger partial charge in [-0.05, 0) is 36.2 Å². The molecule has 1 saturated heterocycles. The molecule has 1 aliphatic rings. The third-order valence-electron chi connectivity index (χ3n) is 3.80. The molecule has 5 heteroatoms. The molecule has 0 radical (unpaired) electrons. The normalized spacial score (nSPS) is 19.6. The van der Waals surface area contributed by atoms with Crippen molar-refractivity contribution in [3.05, 3.63) is 53.5 Å². The lowest BCUT2D eigenvalue weighted by molar-refractivity contribution is -0.0349. The smallest absolute Gasteiger partial charge is 0.123 e. The van der Waals surface area contributed by atoms with Crippen LogP contribution in [0.15, 0.2) is 36.7 Å². The monoisotopic (exact) mass is 284 g/mol. The van der Waals surface area contributed by atoms with Crippen LogP contribution in [0.4, 0.5) is 5.82 Å². The molecule has 3 heterocycles. The molecule has 3 rings (SSSR count). The summed E-state index contributed by atoms with van der Waals surface area (Å²) in [5.41, 5.74) is 9.20. The van der Waals surface area contributed by atoms with Gasteiger partial charge in [0.1, 0.15) is 11.9 Å². The van der Waals surface area contributed by atoms with Crippen molar-refractivity contribution in [1.29, 1.82) is 0 Å². The van der Waals surface area contributed by atoms with E-state index in [0.29, 0.717) is 12.4 Å². The van der Waals surface area contributed by atoms with Gasteiger partial charge >= 0.3 is 0 Å². The first-order valence-corrected chi connectivity index (χ1v) is 7.18. The molecule has 2 N–H and O–H groups in total. The molecule has 5 nitrogen and oxygen atoms in total. The Labute approximate surface area is 124 Å². The molecule has 1 fully saturated rings. The number of hydrogen-bond donors (Lipinski definition) is 1. The van der Waals surface area contributed by atoms with E-state index in [2.05, 4.69) is 27.9 Å². The number of nitrogen functional groups attached to an aromatic ring is 1. The quantitative estimate of drug-likeness (QED) is 0.933. The Balaban J connectivity index is 1.70. The molecular formula is C16H20N4O. The highest BCUT2D eigenvalue weighted by Crippen LogP contribution is 2.22. The van der Waals surface area contributed by atoms with Crippen molar-refractivity contribution >= 4 is 5.82 Å². The largest absolute Gasteiger partial charge is 0.384 e. The maximum atomic E-state index is 5.85. The maximum Gasteiger partial charge on any atom is 0.123 e. The summed E-state index contributed by atoms with van der Waals surface area (Å²) in [6, 6.07) is 7.78. The first kappa shape index (κ1) is 14.0. The van der Waals surface area contributed by atoms with Crippen molar-refractivity contribution in [2.45, 2.75) is 19.6 Å². The van der Waals surface area contributed by atoms with Crippen LogP contribution in [0.25, 0.3) is 0 Å². The van der Waals surface area contributed by atoms with Crippen LogP contribution in [0.3, 0.4) is 0 Å². The summed E-state index contributed by atoms with van der Waals surface area (Å²) in [5, 5.41) is 0. The number of ether oxygens (including phenoxy) is 1. The molecule has 0 aliphatic carbocycles. The van der Waals surface area contributed by atoms with Crippen molar-refractivity contribution in [2.75, 3.05) is 25.4 Å². The van der Waals surface area contributed by atoms with Gasteiger partial charge in [0, 0.05) is 32.0 Å². The van der Waals surface area contributed by atoms with E-state index >= 15 is 0 Å². The fraction of sp³-hybridized carbons (Fsp3) is 0.375. The lowest BCUT2D eigenvalue weighted by Gasteiger charge is -2.33. The molecule has 2 aromatic rings. The van der Waals surface area contributed by atoms with Crippen LogP contribution in [0.5, 0.6) is 0 Å². The second kappa shape index (κ2) is 6.20. The van der Waals surface area contributed by atoms with E-state index in [-0.39, 0.29) is 6.10 Å². The molecule has 0 amide bonds. The SMILES string of the molecule is Cc1cnccc1CN1CCO[C@@H](c2cccc(N)n2)C1. The highest BCUT2D eigenvalue weighted by molar-refractivity contribution is 5.29. The molecule has 21 heavy (non-hydrogen) atoms. The van der Waals surface area contributed by atoms with Gasteiger partial charge in [-0.2, -0.15) is 0 Å². The zero-order chi connectivity index (χ0) is 14.7. The average molecular weight is 284 g/mol. The third kappa shape index (κ3) is 3.37. The minimum Gasteiger partial charge on any atom is -0.384 e.